The van der Waals surface area contributed by atoms with Gasteiger partial charge in [-0.05, 0) is 61.4 Å². The first-order chi connectivity index (χ1) is 22.4. The molecule has 46 heavy (non-hydrogen) atoms. The van der Waals surface area contributed by atoms with Crippen molar-refractivity contribution in [3.63, 3.8) is 0 Å². The van der Waals surface area contributed by atoms with Crippen LogP contribution in [0.25, 0.3) is 22.5 Å². The lowest BCUT2D eigenvalue weighted by atomic mass is 9.98. The second-order valence-electron chi connectivity index (χ2n) is 12.0. The Hall–Kier alpha value is -5.45. The van der Waals surface area contributed by atoms with Crippen LogP contribution in [0.1, 0.15) is 55.2 Å². The third-order valence-corrected chi connectivity index (χ3v) is 8.92. The lowest BCUT2D eigenvalue weighted by Crippen LogP contribution is -2.34. The van der Waals surface area contributed by atoms with Gasteiger partial charge in [0.25, 0.3) is 11.6 Å². The minimum Gasteiger partial charge on any atom is -0.354 e. The molecule has 2 amide bonds. The van der Waals surface area contributed by atoms with E-state index in [2.05, 4.69) is 20.5 Å². The van der Waals surface area contributed by atoms with Crippen LogP contribution in [0.5, 0.6) is 0 Å². The number of carbonyl (C=O) groups is 2. The standard InChI is InChI=1S/C35H35N7O4/c43-31-6-2-5-19-41(31)22-23-7-9-25(10-8-23)33(32-28-20-27(42(45)46)15-16-29(28)38-34(32)44)37-26-13-11-24(12-14-26)30-21-36-35(39-30)40-17-3-1-4-18-40/h7-16,20-21,37H,1-6,17-19,22H2,(H,36,39)(H,38,44). The number of amides is 2. The molecule has 1 aromatic heterocycles. The van der Waals surface area contributed by atoms with Gasteiger partial charge in [-0.1, -0.05) is 36.4 Å². The molecule has 0 radical (unpaired) electrons. The highest BCUT2D eigenvalue weighted by Gasteiger charge is 2.30. The van der Waals surface area contributed by atoms with Gasteiger partial charge in [0.2, 0.25) is 11.9 Å². The van der Waals surface area contributed by atoms with Crippen LogP contribution in [0.2, 0.25) is 0 Å². The van der Waals surface area contributed by atoms with Gasteiger partial charge in [0.1, 0.15) is 0 Å². The fraction of sp³-hybridized carbons (Fsp3) is 0.286. The number of benzene rings is 3. The molecule has 11 heteroatoms. The quantitative estimate of drug-likeness (QED) is 0.118. The van der Waals surface area contributed by atoms with Crippen molar-refractivity contribution in [1.29, 1.82) is 0 Å². The zero-order valence-corrected chi connectivity index (χ0v) is 25.4. The number of likely N-dealkylation sites (tertiary alicyclic amines) is 1. The van der Waals surface area contributed by atoms with E-state index in [4.69, 9.17) is 4.98 Å². The Morgan fingerprint density at radius 3 is 2.41 bits per heavy atom. The topological polar surface area (TPSA) is 136 Å². The predicted molar refractivity (Wildman–Crippen MR) is 178 cm³/mol. The number of H-pyrrole nitrogens is 1. The lowest BCUT2D eigenvalue weighted by Gasteiger charge is -2.26. The van der Waals surface area contributed by atoms with Gasteiger partial charge in [-0.15, -0.1) is 0 Å². The maximum Gasteiger partial charge on any atom is 0.270 e. The van der Waals surface area contributed by atoms with E-state index in [0.717, 1.165) is 66.5 Å². The van der Waals surface area contributed by atoms with Crippen molar-refractivity contribution in [3.05, 3.63) is 99.7 Å². The molecule has 0 saturated carbocycles. The second kappa shape index (κ2) is 12.5. The fourth-order valence-electron chi connectivity index (χ4n) is 6.42. The predicted octanol–water partition coefficient (Wildman–Crippen LogP) is 6.42. The van der Waals surface area contributed by atoms with Crippen LogP contribution >= 0.6 is 0 Å². The third kappa shape index (κ3) is 5.95. The van der Waals surface area contributed by atoms with Gasteiger partial charge in [0.05, 0.1) is 21.9 Å². The molecule has 11 nitrogen and oxygen atoms in total. The summed E-state index contributed by atoms with van der Waals surface area (Å²) in [4.78, 5) is 49.3. The Morgan fingerprint density at radius 2 is 1.67 bits per heavy atom. The Morgan fingerprint density at radius 1 is 0.913 bits per heavy atom. The number of rotatable bonds is 8. The molecule has 4 aromatic rings. The van der Waals surface area contributed by atoms with Gasteiger partial charge in [-0.25, -0.2) is 4.98 Å². The highest BCUT2D eigenvalue weighted by Crippen LogP contribution is 2.39. The van der Waals surface area contributed by atoms with Gasteiger partial charge in [0.15, 0.2) is 0 Å². The molecule has 0 aliphatic carbocycles. The number of nitrogens with one attached hydrogen (secondary N) is 3. The number of non-ortho nitro benzene ring substituents is 1. The number of nitro groups is 1. The molecule has 0 atom stereocenters. The number of aromatic nitrogens is 2. The molecular formula is C35H35N7O4. The van der Waals surface area contributed by atoms with Crippen molar-refractivity contribution in [3.8, 4) is 11.3 Å². The highest BCUT2D eigenvalue weighted by molar-refractivity contribution is 6.37. The second-order valence-corrected chi connectivity index (χ2v) is 12.0. The Bertz CT molecular complexity index is 1820. The molecule has 3 aromatic carbocycles. The number of imidazole rings is 1. The van der Waals surface area contributed by atoms with Gasteiger partial charge < -0.3 is 25.4 Å². The number of hydrogen-bond acceptors (Lipinski definition) is 7. The van der Waals surface area contributed by atoms with Crippen LogP contribution in [0.3, 0.4) is 0 Å². The number of anilines is 3. The van der Waals surface area contributed by atoms with Gasteiger partial charge in [-0.2, -0.15) is 0 Å². The number of aromatic amines is 1. The number of carbonyl (C=O) groups excluding carboxylic acids is 2. The molecule has 0 unspecified atom stereocenters. The number of nitrogens with zero attached hydrogens (tertiary/aromatic N) is 4. The normalized spacial score (nSPS) is 17.5. The minimum atomic E-state index is -0.463. The van der Waals surface area contributed by atoms with Crippen LogP contribution in [-0.4, -0.2) is 51.2 Å². The molecule has 2 fully saturated rings. The van der Waals surface area contributed by atoms with Crippen molar-refractivity contribution < 1.29 is 14.5 Å². The summed E-state index contributed by atoms with van der Waals surface area (Å²) in [5.74, 6) is 0.707. The molecule has 2 saturated heterocycles. The summed E-state index contributed by atoms with van der Waals surface area (Å²) in [5, 5.41) is 17.9. The van der Waals surface area contributed by atoms with Crippen LogP contribution in [0.15, 0.2) is 72.9 Å². The molecule has 3 N–H and O–H groups in total. The smallest absolute Gasteiger partial charge is 0.270 e. The number of hydrogen-bond donors (Lipinski definition) is 3. The van der Waals surface area contributed by atoms with Crippen molar-refractivity contribution in [2.75, 3.05) is 35.2 Å². The molecular weight excluding hydrogens is 582 g/mol. The average Bonchev–Trinajstić information content (AvgIpc) is 3.70. The van der Waals surface area contributed by atoms with E-state index >= 15 is 0 Å². The van der Waals surface area contributed by atoms with E-state index in [1.165, 1.54) is 31.4 Å². The summed E-state index contributed by atoms with van der Waals surface area (Å²) in [6, 6.07) is 20.0. The first kappa shape index (κ1) is 29.3. The van der Waals surface area contributed by atoms with E-state index in [1.54, 1.807) is 6.07 Å². The molecule has 4 heterocycles. The maximum absolute atomic E-state index is 13.4. The van der Waals surface area contributed by atoms with Gasteiger partial charge in [0, 0.05) is 73.4 Å². The monoisotopic (exact) mass is 617 g/mol. The zero-order chi connectivity index (χ0) is 31.6. The number of fused-ring (bicyclic) bond motifs is 1. The van der Waals surface area contributed by atoms with Crippen molar-refractivity contribution in [2.45, 2.75) is 45.1 Å². The summed E-state index contributed by atoms with van der Waals surface area (Å²) in [6.45, 7) is 3.29. The van der Waals surface area contributed by atoms with Crippen molar-refractivity contribution in [1.82, 2.24) is 14.9 Å². The first-order valence-corrected chi connectivity index (χ1v) is 15.8. The third-order valence-electron chi connectivity index (χ3n) is 8.92. The summed E-state index contributed by atoms with van der Waals surface area (Å²) < 4.78 is 0. The minimum absolute atomic E-state index is 0.0964. The first-order valence-electron chi connectivity index (χ1n) is 15.8. The molecule has 0 spiro atoms. The van der Waals surface area contributed by atoms with E-state index < -0.39 is 4.92 Å². The molecule has 0 bridgehead atoms. The summed E-state index contributed by atoms with van der Waals surface area (Å²) in [6.07, 6.45) is 8.04. The fourth-order valence-corrected chi connectivity index (χ4v) is 6.42. The SMILES string of the molecule is O=C1Nc2ccc([N+](=O)[O-])cc2C1=C(Nc1ccc(-c2c[nH]c(N3CCCCC3)n2)cc1)c1ccc(CN2CCCCC2=O)cc1. The summed E-state index contributed by atoms with van der Waals surface area (Å²) in [7, 11) is 0. The summed E-state index contributed by atoms with van der Waals surface area (Å²) in [5.41, 5.74) is 6.00. The van der Waals surface area contributed by atoms with Crippen LogP contribution in [0, 0.1) is 10.1 Å². The lowest BCUT2D eigenvalue weighted by molar-refractivity contribution is -0.384. The maximum atomic E-state index is 13.4. The van der Waals surface area contributed by atoms with E-state index in [9.17, 15) is 19.7 Å². The number of piperidine rings is 2. The van der Waals surface area contributed by atoms with Crippen LogP contribution < -0.4 is 15.5 Å². The zero-order valence-electron chi connectivity index (χ0n) is 25.4. The van der Waals surface area contributed by atoms with E-state index in [-0.39, 0.29) is 17.5 Å². The van der Waals surface area contributed by atoms with Crippen LogP contribution in [0.4, 0.5) is 23.0 Å². The summed E-state index contributed by atoms with van der Waals surface area (Å²) >= 11 is 0. The molecule has 234 valence electrons. The van der Waals surface area contributed by atoms with Crippen molar-refractivity contribution in [2.24, 2.45) is 0 Å². The van der Waals surface area contributed by atoms with Crippen LogP contribution in [-0.2, 0) is 16.1 Å². The Balaban J connectivity index is 1.21. The number of nitro benzene ring substituents is 1. The largest absolute Gasteiger partial charge is 0.354 e. The van der Waals surface area contributed by atoms with Gasteiger partial charge >= 0.3 is 0 Å². The highest BCUT2D eigenvalue weighted by atomic mass is 16.6. The Labute approximate surface area is 266 Å². The average molecular weight is 618 g/mol. The molecule has 3 aliphatic rings. The van der Waals surface area contributed by atoms with E-state index in [1.807, 2.05) is 59.6 Å². The Kier molecular flexibility index (Phi) is 7.96. The molecule has 3 aliphatic heterocycles. The molecule has 7 rings (SSSR count). The van der Waals surface area contributed by atoms with Crippen molar-refractivity contribution >= 4 is 46.1 Å². The van der Waals surface area contributed by atoms with E-state index in [0.29, 0.717) is 35.5 Å². The van der Waals surface area contributed by atoms with Gasteiger partial charge in [-0.3, -0.25) is 19.7 Å².